The van der Waals surface area contributed by atoms with Gasteiger partial charge in [-0.05, 0) is 5.25 Å². The lowest BCUT2D eigenvalue weighted by atomic mass is 10.4. The van der Waals surface area contributed by atoms with Crippen LogP contribution in [0.4, 0.5) is 4.79 Å². The van der Waals surface area contributed by atoms with E-state index in [0.29, 0.717) is 0 Å². The van der Waals surface area contributed by atoms with Gasteiger partial charge in [0.05, 0.1) is 0 Å². The summed E-state index contributed by atoms with van der Waals surface area (Å²) in [6, 6.07) is 0. The van der Waals surface area contributed by atoms with Crippen LogP contribution in [-0.4, -0.2) is 46.5 Å². The van der Waals surface area contributed by atoms with Gasteiger partial charge in [-0.25, -0.2) is 4.79 Å². The van der Waals surface area contributed by atoms with Crippen molar-refractivity contribution in [3.8, 4) is 0 Å². The Bertz CT molecular complexity index is 347. The molecule has 7 nitrogen and oxygen atoms in total. The van der Waals surface area contributed by atoms with E-state index in [-0.39, 0.29) is 18.2 Å². The number of esters is 1. The van der Waals surface area contributed by atoms with Crippen LogP contribution in [0.1, 0.15) is 34.1 Å². The molecule has 1 amide bonds. The summed E-state index contributed by atoms with van der Waals surface area (Å²) in [4.78, 5) is 33.3. The van der Waals surface area contributed by atoms with Gasteiger partial charge in [-0.1, -0.05) is 20.8 Å². The topological polar surface area (TPSA) is 102 Å². The molecule has 0 fully saturated rings. The molecule has 0 bridgehead atoms. The number of carboxylic acids is 1. The van der Waals surface area contributed by atoms with Gasteiger partial charge < -0.3 is 19.9 Å². The second kappa shape index (κ2) is 9.46. The van der Waals surface area contributed by atoms with E-state index in [0.717, 1.165) is 0 Å². The monoisotopic (exact) mass is 307 g/mol. The lowest BCUT2D eigenvalue weighted by Gasteiger charge is -2.17. The molecule has 0 saturated heterocycles. The molecular formula is C12H21NO6S. The molecule has 0 rings (SSSR count). The third-order valence-electron chi connectivity index (χ3n) is 2.00. The van der Waals surface area contributed by atoms with Crippen molar-refractivity contribution in [1.82, 2.24) is 5.32 Å². The van der Waals surface area contributed by atoms with Gasteiger partial charge in [0, 0.05) is 19.9 Å². The molecule has 0 saturated carbocycles. The molecule has 0 aliphatic rings. The molecule has 0 heterocycles. The van der Waals surface area contributed by atoms with Crippen LogP contribution in [0.3, 0.4) is 0 Å². The molecule has 0 spiro atoms. The first-order valence-electron chi connectivity index (χ1n) is 6.28. The van der Waals surface area contributed by atoms with Crippen molar-refractivity contribution in [3.05, 3.63) is 0 Å². The molecule has 0 aliphatic carbocycles. The second-order valence-corrected chi connectivity index (χ2v) is 5.99. The molecule has 2 N–H and O–H groups in total. The van der Waals surface area contributed by atoms with Gasteiger partial charge in [0.25, 0.3) is 0 Å². The van der Waals surface area contributed by atoms with Gasteiger partial charge in [0.2, 0.25) is 6.29 Å². The smallest absolute Gasteiger partial charge is 0.410 e. The summed E-state index contributed by atoms with van der Waals surface area (Å²) < 4.78 is 9.51. The highest BCUT2D eigenvalue weighted by Crippen LogP contribution is 2.16. The third-order valence-corrected chi connectivity index (χ3v) is 3.24. The summed E-state index contributed by atoms with van der Waals surface area (Å²) in [5.41, 5.74) is 0. The predicted octanol–water partition coefficient (Wildman–Crippen LogP) is 1.61. The van der Waals surface area contributed by atoms with Crippen LogP contribution in [0, 0.1) is 0 Å². The van der Waals surface area contributed by atoms with E-state index >= 15 is 0 Å². The summed E-state index contributed by atoms with van der Waals surface area (Å²) in [6.45, 7) is 6.70. The number of carboxylic acid groups (broad SMARTS) is 1. The van der Waals surface area contributed by atoms with Gasteiger partial charge in [-0.2, -0.15) is 0 Å². The fraction of sp³-hybridized carbons (Fsp3) is 0.750. The minimum absolute atomic E-state index is 0.0640. The predicted molar refractivity (Wildman–Crippen MR) is 74.5 cm³/mol. The minimum Gasteiger partial charge on any atom is -0.480 e. The van der Waals surface area contributed by atoms with Gasteiger partial charge in [-0.15, -0.1) is 11.8 Å². The van der Waals surface area contributed by atoms with E-state index in [9.17, 15) is 14.4 Å². The lowest BCUT2D eigenvalue weighted by Crippen LogP contribution is -2.37. The van der Waals surface area contributed by atoms with Gasteiger partial charge >= 0.3 is 18.0 Å². The van der Waals surface area contributed by atoms with Crippen molar-refractivity contribution in [1.29, 1.82) is 0 Å². The van der Waals surface area contributed by atoms with E-state index in [4.69, 9.17) is 14.6 Å². The Balaban J connectivity index is 4.13. The van der Waals surface area contributed by atoms with Crippen molar-refractivity contribution >= 4 is 29.8 Å². The number of amides is 1. The number of thioether (sulfide) groups is 1. The van der Waals surface area contributed by atoms with E-state index in [1.807, 2.05) is 13.8 Å². The Morgan fingerprint density at radius 3 is 2.25 bits per heavy atom. The highest BCUT2D eigenvalue weighted by atomic mass is 32.2. The molecule has 0 aromatic rings. The van der Waals surface area contributed by atoms with Crippen LogP contribution in [0.5, 0.6) is 0 Å². The second-order valence-electron chi connectivity index (χ2n) is 4.21. The highest BCUT2D eigenvalue weighted by molar-refractivity contribution is 8.01. The molecule has 0 aromatic heterocycles. The number of nitrogens with one attached hydrogen (secondary N) is 1. The van der Waals surface area contributed by atoms with Crippen molar-refractivity contribution < 1.29 is 29.0 Å². The zero-order chi connectivity index (χ0) is 15.7. The molecule has 0 aliphatic heterocycles. The van der Waals surface area contributed by atoms with Gasteiger partial charge in [0.15, 0.2) is 0 Å². The van der Waals surface area contributed by atoms with E-state index < -0.39 is 29.6 Å². The average molecular weight is 307 g/mol. The standard InChI is InChI=1S/C12H21NO6S/c1-5-10(14)18-8(4)19-12(17)13-6-9(11(15)16)20-7(2)3/h7-9H,5-6H2,1-4H3,(H,13,17)(H,15,16)/t8-,9+/m1/s1. The van der Waals surface area contributed by atoms with Crippen LogP contribution in [-0.2, 0) is 19.1 Å². The van der Waals surface area contributed by atoms with E-state index in [1.54, 1.807) is 6.92 Å². The fourth-order valence-electron chi connectivity index (χ4n) is 1.18. The van der Waals surface area contributed by atoms with Crippen LogP contribution in [0.25, 0.3) is 0 Å². The Morgan fingerprint density at radius 1 is 1.20 bits per heavy atom. The first-order chi connectivity index (χ1) is 9.26. The summed E-state index contributed by atoms with van der Waals surface area (Å²) in [5.74, 6) is -1.49. The first kappa shape index (κ1) is 18.6. The minimum atomic E-state index is -1.01. The maximum atomic E-state index is 11.4. The molecule has 116 valence electrons. The molecule has 0 unspecified atom stereocenters. The van der Waals surface area contributed by atoms with Crippen LogP contribution < -0.4 is 5.32 Å². The number of ether oxygens (including phenoxy) is 2. The van der Waals surface area contributed by atoms with Crippen molar-refractivity contribution in [2.45, 2.75) is 50.9 Å². The maximum Gasteiger partial charge on any atom is 0.410 e. The Hall–Kier alpha value is -1.44. The number of hydrogen-bond donors (Lipinski definition) is 2. The highest BCUT2D eigenvalue weighted by Gasteiger charge is 2.21. The van der Waals surface area contributed by atoms with Gasteiger partial charge in [0.1, 0.15) is 5.25 Å². The summed E-state index contributed by atoms with van der Waals surface area (Å²) in [6.07, 6.45) is -1.65. The van der Waals surface area contributed by atoms with E-state index in [1.165, 1.54) is 18.7 Å². The molecule has 2 atom stereocenters. The summed E-state index contributed by atoms with van der Waals surface area (Å²) >= 11 is 1.23. The largest absolute Gasteiger partial charge is 0.480 e. The van der Waals surface area contributed by atoms with Crippen molar-refractivity contribution in [2.75, 3.05) is 6.54 Å². The number of alkyl carbamates (subject to hydrolysis) is 1. The third kappa shape index (κ3) is 8.63. The molecule has 0 radical (unpaired) electrons. The number of carbonyl (C=O) groups excluding carboxylic acids is 2. The fourth-order valence-corrected chi connectivity index (χ4v) is 2.14. The van der Waals surface area contributed by atoms with Crippen molar-refractivity contribution in [3.63, 3.8) is 0 Å². The SMILES string of the molecule is CCC(=O)O[C@@H](C)OC(=O)NC[C@H](SC(C)C)C(=O)O. The molecule has 0 aromatic carbocycles. The summed E-state index contributed by atoms with van der Waals surface area (Å²) in [5, 5.41) is 10.7. The van der Waals surface area contributed by atoms with E-state index in [2.05, 4.69) is 5.32 Å². The maximum absolute atomic E-state index is 11.4. The lowest BCUT2D eigenvalue weighted by molar-refractivity contribution is -0.164. The summed E-state index contributed by atoms with van der Waals surface area (Å²) in [7, 11) is 0. The zero-order valence-corrected chi connectivity index (χ0v) is 12.9. The van der Waals surface area contributed by atoms with Crippen LogP contribution in [0.2, 0.25) is 0 Å². The molecule has 8 heteroatoms. The Labute approximate surface area is 122 Å². The molecule has 20 heavy (non-hydrogen) atoms. The number of hydrogen-bond acceptors (Lipinski definition) is 6. The Morgan fingerprint density at radius 2 is 1.80 bits per heavy atom. The number of rotatable bonds is 8. The zero-order valence-electron chi connectivity index (χ0n) is 12.0. The molecular weight excluding hydrogens is 286 g/mol. The van der Waals surface area contributed by atoms with Gasteiger partial charge in [-0.3, -0.25) is 9.59 Å². The number of carbonyl (C=O) groups is 3. The number of aliphatic carboxylic acids is 1. The van der Waals surface area contributed by atoms with Crippen LogP contribution >= 0.6 is 11.8 Å². The average Bonchev–Trinajstić information content (AvgIpc) is 2.33. The Kier molecular flexibility index (Phi) is 8.78. The first-order valence-corrected chi connectivity index (χ1v) is 7.22. The quantitative estimate of drug-likeness (QED) is 0.518. The van der Waals surface area contributed by atoms with Crippen LogP contribution in [0.15, 0.2) is 0 Å². The normalized spacial score (nSPS) is 13.4. The van der Waals surface area contributed by atoms with Crippen molar-refractivity contribution in [2.24, 2.45) is 0 Å².